The summed E-state index contributed by atoms with van der Waals surface area (Å²) in [6, 6.07) is 0. The highest BCUT2D eigenvalue weighted by Crippen LogP contribution is 2.56. The van der Waals surface area contributed by atoms with Gasteiger partial charge in [0.1, 0.15) is 0 Å². The van der Waals surface area contributed by atoms with Gasteiger partial charge in [-0.05, 0) is 48.9 Å². The second-order valence-corrected chi connectivity index (χ2v) is 6.77. The van der Waals surface area contributed by atoms with E-state index in [1.807, 2.05) is 0 Å². The first-order chi connectivity index (χ1) is 7.09. The second-order valence-electron chi connectivity index (χ2n) is 5.89. The van der Waals surface area contributed by atoms with Crippen molar-refractivity contribution in [3.63, 3.8) is 0 Å². The minimum atomic E-state index is -0.0253. The third-order valence-corrected chi connectivity index (χ3v) is 6.50. The van der Waals surface area contributed by atoms with E-state index >= 15 is 0 Å². The first-order valence-corrected chi connectivity index (χ1v) is 7.86. The average Bonchev–Trinajstić information content (AvgIpc) is 2.57. The van der Waals surface area contributed by atoms with Gasteiger partial charge in [-0.15, -0.1) is 0 Å². The molecule has 2 saturated carbocycles. The Morgan fingerprint density at radius 2 is 2.13 bits per heavy atom. The van der Waals surface area contributed by atoms with Crippen LogP contribution in [-0.2, 0) is 0 Å². The van der Waals surface area contributed by atoms with Crippen LogP contribution in [0.5, 0.6) is 0 Å². The van der Waals surface area contributed by atoms with Gasteiger partial charge in [0.2, 0.25) is 0 Å². The number of aliphatic hydroxyl groups is 1. The SMILES string of the molecule is C[C@H](CI)[C@@H]1CC[C@@]2(C)[C@H](O)CCC[C@@H]12. The van der Waals surface area contributed by atoms with Crippen LogP contribution in [0.4, 0.5) is 0 Å². The molecule has 0 heterocycles. The summed E-state index contributed by atoms with van der Waals surface area (Å²) in [5.41, 5.74) is 0.253. The van der Waals surface area contributed by atoms with Crippen LogP contribution < -0.4 is 0 Å². The van der Waals surface area contributed by atoms with Crippen LogP contribution in [0.2, 0.25) is 0 Å². The molecule has 0 amide bonds. The van der Waals surface area contributed by atoms with E-state index < -0.39 is 0 Å². The van der Waals surface area contributed by atoms with Crippen molar-refractivity contribution in [2.24, 2.45) is 23.2 Å². The summed E-state index contributed by atoms with van der Waals surface area (Å²) in [7, 11) is 0. The quantitative estimate of drug-likeness (QED) is 0.608. The van der Waals surface area contributed by atoms with Gasteiger partial charge in [-0.2, -0.15) is 0 Å². The van der Waals surface area contributed by atoms with Gasteiger partial charge >= 0.3 is 0 Å². The third kappa shape index (κ3) is 1.97. The summed E-state index contributed by atoms with van der Waals surface area (Å²) in [4.78, 5) is 0. The average molecular weight is 322 g/mol. The largest absolute Gasteiger partial charge is 0.393 e. The first-order valence-electron chi connectivity index (χ1n) is 6.33. The molecule has 1 N–H and O–H groups in total. The van der Waals surface area contributed by atoms with Gasteiger partial charge in [-0.25, -0.2) is 0 Å². The fourth-order valence-electron chi connectivity index (χ4n) is 3.97. The van der Waals surface area contributed by atoms with E-state index in [9.17, 15) is 5.11 Å². The Morgan fingerprint density at radius 3 is 2.80 bits per heavy atom. The van der Waals surface area contributed by atoms with Crippen molar-refractivity contribution in [2.45, 2.75) is 52.1 Å². The number of aliphatic hydroxyl groups excluding tert-OH is 1. The molecule has 0 aromatic rings. The van der Waals surface area contributed by atoms with E-state index in [1.165, 1.54) is 30.1 Å². The highest BCUT2D eigenvalue weighted by Gasteiger charge is 2.51. The van der Waals surface area contributed by atoms with E-state index in [0.717, 1.165) is 24.2 Å². The Kier molecular flexibility index (Phi) is 3.66. The molecule has 0 saturated heterocycles. The van der Waals surface area contributed by atoms with Crippen molar-refractivity contribution >= 4 is 22.6 Å². The molecular weight excluding hydrogens is 299 g/mol. The zero-order valence-corrected chi connectivity index (χ0v) is 12.0. The lowest BCUT2D eigenvalue weighted by atomic mass is 9.64. The van der Waals surface area contributed by atoms with Crippen molar-refractivity contribution in [3.8, 4) is 0 Å². The molecule has 5 atom stereocenters. The normalized spacial score (nSPS) is 47.6. The van der Waals surface area contributed by atoms with Gasteiger partial charge in [0.05, 0.1) is 6.10 Å². The molecule has 2 aliphatic carbocycles. The van der Waals surface area contributed by atoms with Crippen LogP contribution >= 0.6 is 22.6 Å². The van der Waals surface area contributed by atoms with Crippen LogP contribution in [0.3, 0.4) is 0 Å². The van der Waals surface area contributed by atoms with Gasteiger partial charge in [0.25, 0.3) is 0 Å². The van der Waals surface area contributed by atoms with Crippen molar-refractivity contribution in [2.75, 3.05) is 4.43 Å². The van der Waals surface area contributed by atoms with Gasteiger partial charge in [0, 0.05) is 4.43 Å². The standard InChI is InChI=1S/C13H23IO/c1-9(8-14)10-6-7-13(2)11(10)4-3-5-12(13)15/h9-12,15H,3-8H2,1-2H3/t9-,10+,11+,12-,13-/m1/s1. The molecule has 1 nitrogen and oxygen atoms in total. The van der Waals surface area contributed by atoms with E-state index in [-0.39, 0.29) is 11.5 Å². The van der Waals surface area contributed by atoms with Crippen LogP contribution in [0, 0.1) is 23.2 Å². The Balaban J connectivity index is 2.15. The number of fused-ring (bicyclic) bond motifs is 1. The van der Waals surface area contributed by atoms with Gasteiger partial charge in [-0.1, -0.05) is 42.9 Å². The number of alkyl halides is 1. The summed E-state index contributed by atoms with van der Waals surface area (Å²) in [5, 5.41) is 10.2. The highest BCUT2D eigenvalue weighted by molar-refractivity contribution is 14.1. The summed E-state index contributed by atoms with van der Waals surface area (Å²) in [5.74, 6) is 2.51. The maximum absolute atomic E-state index is 10.2. The topological polar surface area (TPSA) is 20.2 Å². The molecule has 2 rings (SSSR count). The summed E-state index contributed by atoms with van der Waals surface area (Å²) in [6.07, 6.45) is 6.22. The lowest BCUT2D eigenvalue weighted by molar-refractivity contribution is -0.0377. The molecule has 0 bridgehead atoms. The summed E-state index contributed by atoms with van der Waals surface area (Å²) < 4.78 is 1.27. The Morgan fingerprint density at radius 1 is 1.40 bits per heavy atom. The molecule has 0 spiro atoms. The highest BCUT2D eigenvalue weighted by atomic mass is 127. The number of hydrogen-bond donors (Lipinski definition) is 1. The van der Waals surface area contributed by atoms with E-state index in [2.05, 4.69) is 36.4 Å². The molecule has 0 unspecified atom stereocenters. The second kappa shape index (κ2) is 4.52. The molecule has 2 fully saturated rings. The molecule has 2 heteroatoms. The lowest BCUT2D eigenvalue weighted by Crippen LogP contribution is -2.41. The number of halogens is 1. The molecule has 0 radical (unpaired) electrons. The van der Waals surface area contributed by atoms with Crippen LogP contribution in [-0.4, -0.2) is 15.6 Å². The first kappa shape index (κ1) is 12.2. The molecule has 0 aromatic heterocycles. The van der Waals surface area contributed by atoms with E-state index in [0.29, 0.717) is 0 Å². The van der Waals surface area contributed by atoms with E-state index in [1.54, 1.807) is 0 Å². The fraction of sp³-hybridized carbons (Fsp3) is 1.00. The van der Waals surface area contributed by atoms with Crippen molar-refractivity contribution < 1.29 is 5.11 Å². The van der Waals surface area contributed by atoms with E-state index in [4.69, 9.17) is 0 Å². The van der Waals surface area contributed by atoms with Gasteiger partial charge in [-0.3, -0.25) is 0 Å². The predicted molar refractivity (Wildman–Crippen MR) is 72.2 cm³/mol. The molecule has 88 valence electrons. The fourth-order valence-corrected chi connectivity index (χ4v) is 4.62. The monoisotopic (exact) mass is 322 g/mol. The Hall–Kier alpha value is 0.690. The minimum absolute atomic E-state index is 0.0253. The number of rotatable bonds is 2. The Bertz CT molecular complexity index is 231. The molecule has 15 heavy (non-hydrogen) atoms. The zero-order chi connectivity index (χ0) is 11.1. The third-order valence-electron chi connectivity index (χ3n) is 5.11. The molecular formula is C13H23IO. The van der Waals surface area contributed by atoms with Crippen LogP contribution in [0.25, 0.3) is 0 Å². The lowest BCUT2D eigenvalue weighted by Gasteiger charge is -2.43. The van der Waals surface area contributed by atoms with Crippen LogP contribution in [0.15, 0.2) is 0 Å². The zero-order valence-electron chi connectivity index (χ0n) is 9.88. The number of hydrogen-bond acceptors (Lipinski definition) is 1. The predicted octanol–water partition coefficient (Wildman–Crippen LogP) is 3.63. The molecule has 0 aromatic carbocycles. The summed E-state index contributed by atoms with van der Waals surface area (Å²) >= 11 is 2.51. The van der Waals surface area contributed by atoms with Crippen molar-refractivity contribution in [3.05, 3.63) is 0 Å². The van der Waals surface area contributed by atoms with Crippen molar-refractivity contribution in [1.29, 1.82) is 0 Å². The maximum atomic E-state index is 10.2. The molecule has 0 aliphatic heterocycles. The molecule has 2 aliphatic rings. The Labute approximate surface area is 107 Å². The van der Waals surface area contributed by atoms with Gasteiger partial charge < -0.3 is 5.11 Å². The summed E-state index contributed by atoms with van der Waals surface area (Å²) in [6.45, 7) is 4.73. The van der Waals surface area contributed by atoms with Gasteiger partial charge in [0.15, 0.2) is 0 Å². The smallest absolute Gasteiger partial charge is 0.0596 e. The van der Waals surface area contributed by atoms with Crippen LogP contribution in [0.1, 0.15) is 46.0 Å². The maximum Gasteiger partial charge on any atom is 0.0596 e. The minimum Gasteiger partial charge on any atom is -0.393 e. The van der Waals surface area contributed by atoms with Crippen molar-refractivity contribution in [1.82, 2.24) is 0 Å².